The summed E-state index contributed by atoms with van der Waals surface area (Å²) >= 11 is 0. The Kier molecular flexibility index (Phi) is 4.94. The standard InChI is InChI=1S/C17H18FNO5S/c1-23-16-5-3-13(18)9-17(16)25(21,22)19-10-14(20)11-2-4-15-12(8-11)6-7-24-15/h2-5,8-9,14,19-20H,6-7,10H2,1H3. The van der Waals surface area contributed by atoms with E-state index in [1.807, 2.05) is 0 Å². The first-order valence-corrected chi connectivity index (χ1v) is 9.16. The molecule has 0 saturated carbocycles. The molecular weight excluding hydrogens is 349 g/mol. The van der Waals surface area contributed by atoms with Gasteiger partial charge in [-0.25, -0.2) is 17.5 Å². The molecule has 1 heterocycles. The second kappa shape index (κ2) is 6.99. The van der Waals surface area contributed by atoms with E-state index in [1.54, 1.807) is 18.2 Å². The van der Waals surface area contributed by atoms with E-state index < -0.39 is 21.9 Å². The summed E-state index contributed by atoms with van der Waals surface area (Å²) in [5, 5.41) is 10.3. The highest BCUT2D eigenvalue weighted by molar-refractivity contribution is 7.89. The molecule has 0 aliphatic carbocycles. The third kappa shape index (κ3) is 3.76. The lowest BCUT2D eigenvalue weighted by Crippen LogP contribution is -2.29. The Morgan fingerprint density at radius 1 is 1.32 bits per heavy atom. The number of ether oxygens (including phenoxy) is 2. The fraction of sp³-hybridized carbons (Fsp3) is 0.294. The Labute approximate surface area is 145 Å². The number of sulfonamides is 1. The Balaban J connectivity index is 1.75. The summed E-state index contributed by atoms with van der Waals surface area (Å²) in [6.07, 6.45) is -0.289. The molecule has 2 aromatic carbocycles. The van der Waals surface area contributed by atoms with E-state index in [9.17, 15) is 17.9 Å². The average Bonchev–Trinajstić information content (AvgIpc) is 3.07. The number of aliphatic hydroxyl groups is 1. The Morgan fingerprint density at radius 2 is 2.12 bits per heavy atom. The molecule has 1 aliphatic heterocycles. The second-order valence-electron chi connectivity index (χ2n) is 5.63. The van der Waals surface area contributed by atoms with Crippen LogP contribution >= 0.6 is 0 Å². The van der Waals surface area contributed by atoms with Gasteiger partial charge in [-0.15, -0.1) is 0 Å². The molecule has 1 atom stereocenters. The molecule has 25 heavy (non-hydrogen) atoms. The number of benzene rings is 2. The summed E-state index contributed by atoms with van der Waals surface area (Å²) in [7, 11) is -2.74. The van der Waals surface area contributed by atoms with E-state index >= 15 is 0 Å². The highest BCUT2D eigenvalue weighted by Gasteiger charge is 2.22. The van der Waals surface area contributed by atoms with Gasteiger partial charge < -0.3 is 14.6 Å². The monoisotopic (exact) mass is 367 g/mol. The molecule has 0 fully saturated rings. The van der Waals surface area contributed by atoms with E-state index in [-0.39, 0.29) is 17.2 Å². The minimum Gasteiger partial charge on any atom is -0.495 e. The molecule has 134 valence electrons. The Bertz CT molecular complexity index is 885. The highest BCUT2D eigenvalue weighted by Crippen LogP contribution is 2.28. The summed E-state index contributed by atoms with van der Waals surface area (Å²) in [5.74, 6) is 0.111. The van der Waals surface area contributed by atoms with Crippen LogP contribution in [0.15, 0.2) is 41.3 Å². The number of rotatable bonds is 6. The number of methoxy groups -OCH3 is 1. The van der Waals surface area contributed by atoms with Crippen LogP contribution in [0.25, 0.3) is 0 Å². The molecule has 2 N–H and O–H groups in total. The van der Waals surface area contributed by atoms with Crippen molar-refractivity contribution in [2.75, 3.05) is 20.3 Å². The van der Waals surface area contributed by atoms with Crippen molar-refractivity contribution in [3.63, 3.8) is 0 Å². The van der Waals surface area contributed by atoms with Gasteiger partial charge in [0, 0.05) is 13.0 Å². The van der Waals surface area contributed by atoms with Crippen LogP contribution in [-0.4, -0.2) is 33.8 Å². The van der Waals surface area contributed by atoms with Gasteiger partial charge in [0.25, 0.3) is 0 Å². The summed E-state index contributed by atoms with van der Waals surface area (Å²) in [6.45, 7) is 0.350. The topological polar surface area (TPSA) is 84.9 Å². The predicted octanol–water partition coefficient (Wildman–Crippen LogP) is 1.78. The maximum absolute atomic E-state index is 13.4. The average molecular weight is 367 g/mol. The van der Waals surface area contributed by atoms with Crippen LogP contribution in [0.5, 0.6) is 11.5 Å². The molecule has 8 heteroatoms. The number of nitrogens with one attached hydrogen (secondary N) is 1. The molecule has 0 spiro atoms. The van der Waals surface area contributed by atoms with Gasteiger partial charge in [0.15, 0.2) is 0 Å². The molecule has 0 saturated heterocycles. The van der Waals surface area contributed by atoms with Gasteiger partial charge in [-0.05, 0) is 41.5 Å². The molecule has 0 radical (unpaired) electrons. The van der Waals surface area contributed by atoms with E-state index in [1.165, 1.54) is 13.2 Å². The molecular formula is C17H18FNO5S. The Hall–Kier alpha value is -2.16. The van der Waals surface area contributed by atoms with Crippen molar-refractivity contribution in [3.8, 4) is 11.5 Å². The maximum atomic E-state index is 13.4. The van der Waals surface area contributed by atoms with Crippen molar-refractivity contribution in [1.29, 1.82) is 0 Å². The third-order valence-electron chi connectivity index (χ3n) is 3.98. The fourth-order valence-electron chi connectivity index (χ4n) is 2.66. The van der Waals surface area contributed by atoms with Gasteiger partial charge in [0.2, 0.25) is 10.0 Å². The molecule has 6 nitrogen and oxygen atoms in total. The summed E-state index contributed by atoms with van der Waals surface area (Å²) in [4.78, 5) is -0.315. The van der Waals surface area contributed by atoms with Crippen molar-refractivity contribution in [2.45, 2.75) is 17.4 Å². The normalized spacial score (nSPS) is 14.7. The van der Waals surface area contributed by atoms with Crippen LogP contribution in [0, 0.1) is 5.82 Å². The minimum absolute atomic E-state index is 0.0260. The molecule has 0 aromatic heterocycles. The van der Waals surface area contributed by atoms with E-state index in [4.69, 9.17) is 9.47 Å². The van der Waals surface area contributed by atoms with E-state index in [0.29, 0.717) is 12.2 Å². The van der Waals surface area contributed by atoms with Crippen LogP contribution in [0.2, 0.25) is 0 Å². The molecule has 0 amide bonds. The van der Waals surface area contributed by atoms with Crippen LogP contribution in [-0.2, 0) is 16.4 Å². The SMILES string of the molecule is COc1ccc(F)cc1S(=O)(=O)NCC(O)c1ccc2c(c1)CCO2. The predicted molar refractivity (Wildman–Crippen MR) is 88.7 cm³/mol. The molecule has 0 bridgehead atoms. The third-order valence-corrected chi connectivity index (χ3v) is 5.42. The molecule has 3 rings (SSSR count). The van der Waals surface area contributed by atoms with Gasteiger partial charge >= 0.3 is 0 Å². The van der Waals surface area contributed by atoms with Crippen LogP contribution in [0.1, 0.15) is 17.2 Å². The number of hydrogen-bond acceptors (Lipinski definition) is 5. The fourth-order valence-corrected chi connectivity index (χ4v) is 3.88. The first kappa shape index (κ1) is 17.7. The lowest BCUT2D eigenvalue weighted by atomic mass is 10.0. The molecule has 1 unspecified atom stereocenters. The van der Waals surface area contributed by atoms with Gasteiger partial charge in [0.05, 0.1) is 19.8 Å². The quantitative estimate of drug-likeness (QED) is 0.813. The lowest BCUT2D eigenvalue weighted by Gasteiger charge is -2.15. The minimum atomic E-state index is -4.04. The molecule has 1 aliphatic rings. The van der Waals surface area contributed by atoms with E-state index in [0.717, 1.165) is 29.9 Å². The maximum Gasteiger partial charge on any atom is 0.244 e. The highest BCUT2D eigenvalue weighted by atomic mass is 32.2. The van der Waals surface area contributed by atoms with Crippen molar-refractivity contribution >= 4 is 10.0 Å². The zero-order valence-electron chi connectivity index (χ0n) is 13.5. The molecule has 2 aromatic rings. The number of aliphatic hydroxyl groups excluding tert-OH is 1. The number of hydrogen-bond donors (Lipinski definition) is 2. The Morgan fingerprint density at radius 3 is 2.88 bits per heavy atom. The van der Waals surface area contributed by atoms with Crippen molar-refractivity contribution in [2.24, 2.45) is 0 Å². The second-order valence-corrected chi connectivity index (χ2v) is 7.36. The summed E-state index contributed by atoms with van der Waals surface area (Å²) in [5.41, 5.74) is 1.56. The number of fused-ring (bicyclic) bond motifs is 1. The van der Waals surface area contributed by atoms with Crippen LogP contribution < -0.4 is 14.2 Å². The zero-order valence-corrected chi connectivity index (χ0v) is 14.3. The van der Waals surface area contributed by atoms with E-state index in [2.05, 4.69) is 4.72 Å². The first-order chi connectivity index (χ1) is 11.9. The zero-order chi connectivity index (χ0) is 18.0. The van der Waals surface area contributed by atoms with Crippen molar-refractivity contribution in [3.05, 3.63) is 53.3 Å². The van der Waals surface area contributed by atoms with Gasteiger partial charge in [-0.3, -0.25) is 0 Å². The van der Waals surface area contributed by atoms with Crippen LogP contribution in [0.3, 0.4) is 0 Å². The van der Waals surface area contributed by atoms with Gasteiger partial charge in [0.1, 0.15) is 22.2 Å². The lowest BCUT2D eigenvalue weighted by molar-refractivity contribution is 0.182. The summed E-state index contributed by atoms with van der Waals surface area (Å²) < 4.78 is 50.8. The first-order valence-electron chi connectivity index (χ1n) is 7.67. The van der Waals surface area contributed by atoms with Gasteiger partial charge in [-0.1, -0.05) is 6.07 Å². The smallest absolute Gasteiger partial charge is 0.244 e. The van der Waals surface area contributed by atoms with Gasteiger partial charge in [-0.2, -0.15) is 0 Å². The van der Waals surface area contributed by atoms with Crippen LogP contribution in [0.4, 0.5) is 4.39 Å². The van der Waals surface area contributed by atoms with Crippen molar-refractivity contribution in [1.82, 2.24) is 4.72 Å². The number of halogens is 1. The largest absolute Gasteiger partial charge is 0.495 e. The summed E-state index contributed by atoms with van der Waals surface area (Å²) in [6, 6.07) is 8.46. The van der Waals surface area contributed by atoms with Crippen molar-refractivity contribution < 1.29 is 27.4 Å².